The molecule has 112 valence electrons. The third kappa shape index (κ3) is 5.08. The number of benzene rings is 1. The first kappa shape index (κ1) is 15.8. The van der Waals surface area contributed by atoms with Gasteiger partial charge in [-0.2, -0.15) is 0 Å². The summed E-state index contributed by atoms with van der Waals surface area (Å²) in [7, 11) is 2.22. The highest BCUT2D eigenvalue weighted by Crippen LogP contribution is 2.17. The standard InChI is InChI=1S/C17H27ClN2/c1-15-6-7-16(14-17(15)18)8-13-19(2)9-5-12-20-10-3-4-11-20/h6-7,14H,3-5,8-13H2,1-2H3. The van der Waals surface area contributed by atoms with Crippen LogP contribution < -0.4 is 0 Å². The van der Waals surface area contributed by atoms with Gasteiger partial charge in [-0.15, -0.1) is 0 Å². The van der Waals surface area contributed by atoms with Gasteiger partial charge in [0.15, 0.2) is 0 Å². The van der Waals surface area contributed by atoms with Gasteiger partial charge in [0.25, 0.3) is 0 Å². The van der Waals surface area contributed by atoms with Gasteiger partial charge in [0.2, 0.25) is 0 Å². The molecule has 2 rings (SSSR count). The van der Waals surface area contributed by atoms with Gasteiger partial charge in [0.1, 0.15) is 0 Å². The lowest BCUT2D eigenvalue weighted by Crippen LogP contribution is -2.27. The van der Waals surface area contributed by atoms with E-state index >= 15 is 0 Å². The van der Waals surface area contributed by atoms with Crippen molar-refractivity contribution < 1.29 is 0 Å². The van der Waals surface area contributed by atoms with Gasteiger partial charge in [0, 0.05) is 11.6 Å². The van der Waals surface area contributed by atoms with E-state index in [4.69, 9.17) is 11.6 Å². The molecule has 1 saturated heterocycles. The fourth-order valence-electron chi connectivity index (χ4n) is 2.79. The Balaban J connectivity index is 1.63. The lowest BCUT2D eigenvalue weighted by molar-refractivity contribution is 0.281. The van der Waals surface area contributed by atoms with Crippen molar-refractivity contribution in [1.82, 2.24) is 9.80 Å². The first-order chi connectivity index (χ1) is 9.65. The van der Waals surface area contributed by atoms with Crippen LogP contribution in [0.3, 0.4) is 0 Å². The third-order valence-corrected chi connectivity index (χ3v) is 4.64. The zero-order valence-corrected chi connectivity index (χ0v) is 13.6. The highest BCUT2D eigenvalue weighted by atomic mass is 35.5. The molecule has 0 spiro atoms. The molecule has 1 aromatic carbocycles. The second-order valence-electron chi connectivity index (χ2n) is 6.04. The Morgan fingerprint density at radius 3 is 2.65 bits per heavy atom. The van der Waals surface area contributed by atoms with Crippen molar-refractivity contribution in [2.24, 2.45) is 0 Å². The van der Waals surface area contributed by atoms with Crippen LogP contribution in [0.25, 0.3) is 0 Å². The van der Waals surface area contributed by atoms with E-state index in [1.165, 1.54) is 51.0 Å². The summed E-state index contributed by atoms with van der Waals surface area (Å²) in [5, 5.41) is 0.888. The number of nitrogens with zero attached hydrogens (tertiary/aromatic N) is 2. The van der Waals surface area contributed by atoms with Crippen molar-refractivity contribution >= 4 is 11.6 Å². The van der Waals surface area contributed by atoms with Gasteiger partial charge in [-0.1, -0.05) is 23.7 Å². The number of halogens is 1. The molecule has 1 fully saturated rings. The summed E-state index contributed by atoms with van der Waals surface area (Å²) in [6.07, 6.45) is 5.15. The summed E-state index contributed by atoms with van der Waals surface area (Å²) in [4.78, 5) is 5.03. The topological polar surface area (TPSA) is 6.48 Å². The molecule has 20 heavy (non-hydrogen) atoms. The van der Waals surface area contributed by atoms with Crippen molar-refractivity contribution in [1.29, 1.82) is 0 Å². The smallest absolute Gasteiger partial charge is 0.0437 e. The number of rotatable bonds is 7. The molecule has 0 bridgehead atoms. The van der Waals surface area contributed by atoms with Crippen LogP contribution in [0.15, 0.2) is 18.2 Å². The minimum Gasteiger partial charge on any atom is -0.306 e. The van der Waals surface area contributed by atoms with Crippen LogP contribution in [0.5, 0.6) is 0 Å². The van der Waals surface area contributed by atoms with E-state index in [9.17, 15) is 0 Å². The van der Waals surface area contributed by atoms with E-state index in [1.807, 2.05) is 0 Å². The van der Waals surface area contributed by atoms with Crippen LogP contribution in [0.1, 0.15) is 30.4 Å². The highest BCUT2D eigenvalue weighted by Gasteiger charge is 2.10. The fraction of sp³-hybridized carbons (Fsp3) is 0.647. The summed E-state index contributed by atoms with van der Waals surface area (Å²) in [6, 6.07) is 6.42. The van der Waals surface area contributed by atoms with Crippen molar-refractivity contribution in [3.8, 4) is 0 Å². The minimum atomic E-state index is 0.888. The van der Waals surface area contributed by atoms with E-state index < -0.39 is 0 Å². The molecular formula is C17H27ClN2. The fourth-order valence-corrected chi connectivity index (χ4v) is 3.00. The molecule has 0 aliphatic carbocycles. The largest absolute Gasteiger partial charge is 0.306 e. The predicted molar refractivity (Wildman–Crippen MR) is 87.7 cm³/mol. The Kier molecular flexibility index (Phi) is 6.34. The van der Waals surface area contributed by atoms with Crippen molar-refractivity contribution in [2.45, 2.75) is 32.6 Å². The van der Waals surface area contributed by atoms with Gasteiger partial charge < -0.3 is 9.80 Å². The molecule has 1 aliphatic rings. The molecule has 0 aromatic heterocycles. The maximum atomic E-state index is 6.17. The highest BCUT2D eigenvalue weighted by molar-refractivity contribution is 6.31. The van der Waals surface area contributed by atoms with Crippen LogP contribution in [0.4, 0.5) is 0 Å². The van der Waals surface area contributed by atoms with E-state index in [1.54, 1.807) is 0 Å². The first-order valence-corrected chi connectivity index (χ1v) is 8.19. The van der Waals surface area contributed by atoms with E-state index in [0.29, 0.717) is 0 Å². The van der Waals surface area contributed by atoms with Crippen LogP contribution in [-0.2, 0) is 6.42 Å². The molecule has 0 amide bonds. The van der Waals surface area contributed by atoms with Gasteiger partial charge >= 0.3 is 0 Å². The second-order valence-corrected chi connectivity index (χ2v) is 6.45. The summed E-state index contributed by atoms with van der Waals surface area (Å²) in [5.41, 5.74) is 2.50. The summed E-state index contributed by atoms with van der Waals surface area (Å²) < 4.78 is 0. The van der Waals surface area contributed by atoms with Crippen molar-refractivity contribution in [3.05, 3.63) is 34.3 Å². The SMILES string of the molecule is Cc1ccc(CCN(C)CCCN2CCCC2)cc1Cl. The molecule has 0 N–H and O–H groups in total. The lowest BCUT2D eigenvalue weighted by atomic mass is 10.1. The lowest BCUT2D eigenvalue weighted by Gasteiger charge is -2.19. The van der Waals surface area contributed by atoms with Gasteiger partial charge in [0.05, 0.1) is 0 Å². The Morgan fingerprint density at radius 1 is 1.20 bits per heavy atom. The molecule has 0 radical (unpaired) electrons. The molecular weight excluding hydrogens is 268 g/mol. The number of hydrogen-bond donors (Lipinski definition) is 0. The molecule has 3 heteroatoms. The van der Waals surface area contributed by atoms with Crippen LogP contribution in [0, 0.1) is 6.92 Å². The molecule has 1 heterocycles. The first-order valence-electron chi connectivity index (χ1n) is 7.81. The average Bonchev–Trinajstić information content (AvgIpc) is 2.93. The number of aryl methyl sites for hydroxylation is 1. The van der Waals surface area contributed by atoms with E-state index in [2.05, 4.69) is 42.0 Å². The summed E-state index contributed by atoms with van der Waals surface area (Å²) >= 11 is 6.17. The molecule has 0 atom stereocenters. The zero-order valence-electron chi connectivity index (χ0n) is 12.9. The molecule has 1 aliphatic heterocycles. The van der Waals surface area contributed by atoms with E-state index in [0.717, 1.165) is 23.6 Å². The number of hydrogen-bond acceptors (Lipinski definition) is 2. The number of likely N-dealkylation sites (N-methyl/N-ethyl adjacent to an activating group) is 1. The maximum absolute atomic E-state index is 6.17. The maximum Gasteiger partial charge on any atom is 0.0437 e. The normalized spacial score (nSPS) is 16.2. The van der Waals surface area contributed by atoms with Crippen LogP contribution in [0.2, 0.25) is 5.02 Å². The molecule has 0 unspecified atom stereocenters. The average molecular weight is 295 g/mol. The molecule has 2 nitrogen and oxygen atoms in total. The molecule has 1 aromatic rings. The second kappa shape index (κ2) is 8.02. The van der Waals surface area contributed by atoms with Gasteiger partial charge in [-0.05, 0) is 83.0 Å². The number of likely N-dealkylation sites (tertiary alicyclic amines) is 1. The quantitative estimate of drug-likeness (QED) is 0.758. The van der Waals surface area contributed by atoms with Crippen molar-refractivity contribution in [2.75, 3.05) is 39.8 Å². The molecule has 0 saturated carbocycles. The Hall–Kier alpha value is -0.570. The third-order valence-electron chi connectivity index (χ3n) is 4.23. The monoisotopic (exact) mass is 294 g/mol. The minimum absolute atomic E-state index is 0.888. The van der Waals surface area contributed by atoms with Crippen molar-refractivity contribution in [3.63, 3.8) is 0 Å². The summed E-state index contributed by atoms with van der Waals surface area (Å²) in [6.45, 7) is 8.24. The van der Waals surface area contributed by atoms with Gasteiger partial charge in [-0.25, -0.2) is 0 Å². The Labute approximate surface area is 128 Å². The van der Waals surface area contributed by atoms with Gasteiger partial charge in [-0.3, -0.25) is 0 Å². The van der Waals surface area contributed by atoms with E-state index in [-0.39, 0.29) is 0 Å². The zero-order chi connectivity index (χ0) is 14.4. The summed E-state index contributed by atoms with van der Waals surface area (Å²) in [5.74, 6) is 0. The predicted octanol–water partition coefficient (Wildman–Crippen LogP) is 3.61. The Morgan fingerprint density at radius 2 is 1.95 bits per heavy atom. The van der Waals surface area contributed by atoms with Crippen LogP contribution in [-0.4, -0.2) is 49.6 Å². The Bertz CT molecular complexity index is 413. The van der Waals surface area contributed by atoms with Crippen LogP contribution >= 0.6 is 11.6 Å².